The van der Waals surface area contributed by atoms with Crippen LogP contribution in [0.25, 0.3) is 0 Å². The number of nitrogens with one attached hydrogen (secondary N) is 2. The van der Waals surface area contributed by atoms with Gasteiger partial charge in [0.1, 0.15) is 0 Å². The van der Waals surface area contributed by atoms with E-state index in [9.17, 15) is 14.4 Å². The van der Waals surface area contributed by atoms with Crippen LogP contribution in [0, 0.1) is 0 Å². The number of amides is 3. The van der Waals surface area contributed by atoms with Gasteiger partial charge in [-0.05, 0) is 42.8 Å². The van der Waals surface area contributed by atoms with Crippen molar-refractivity contribution < 1.29 is 23.9 Å². The van der Waals surface area contributed by atoms with Gasteiger partial charge < -0.3 is 25.8 Å². The van der Waals surface area contributed by atoms with E-state index in [4.69, 9.17) is 15.2 Å². The van der Waals surface area contributed by atoms with E-state index in [0.29, 0.717) is 29.2 Å². The molecule has 0 saturated heterocycles. The molecule has 0 fully saturated rings. The molecule has 8 heteroatoms. The largest absolute Gasteiger partial charge is 0.493 e. The summed E-state index contributed by atoms with van der Waals surface area (Å²) in [4.78, 5) is 34.9. The predicted molar refractivity (Wildman–Crippen MR) is 103 cm³/mol. The third-order valence-electron chi connectivity index (χ3n) is 3.82. The zero-order chi connectivity index (χ0) is 20.5. The SMILES string of the molecule is CCOc1ccc(C(=O)NCc2ccc(C(=O)NCC(N)=O)cc2)cc1OC. The summed E-state index contributed by atoms with van der Waals surface area (Å²) in [5.74, 6) is -0.202. The Morgan fingerprint density at radius 1 is 0.929 bits per heavy atom. The maximum Gasteiger partial charge on any atom is 0.251 e. The first-order valence-electron chi connectivity index (χ1n) is 8.69. The van der Waals surface area contributed by atoms with Crippen LogP contribution < -0.4 is 25.8 Å². The summed E-state index contributed by atoms with van der Waals surface area (Å²) in [6.07, 6.45) is 0. The Kier molecular flexibility index (Phi) is 7.38. The third-order valence-corrected chi connectivity index (χ3v) is 3.82. The number of ether oxygens (including phenoxy) is 2. The molecule has 0 spiro atoms. The number of hydrogen-bond acceptors (Lipinski definition) is 5. The maximum absolute atomic E-state index is 12.4. The van der Waals surface area contributed by atoms with Crippen LogP contribution >= 0.6 is 0 Å². The van der Waals surface area contributed by atoms with Crippen LogP contribution in [0.5, 0.6) is 11.5 Å². The second-order valence-electron chi connectivity index (χ2n) is 5.83. The Bertz CT molecular complexity index is 849. The van der Waals surface area contributed by atoms with Gasteiger partial charge in [0.05, 0.1) is 20.3 Å². The molecule has 2 aromatic carbocycles. The predicted octanol–water partition coefficient (Wildman–Crippen LogP) is 1.24. The van der Waals surface area contributed by atoms with Gasteiger partial charge in [-0.3, -0.25) is 14.4 Å². The maximum atomic E-state index is 12.4. The number of methoxy groups -OCH3 is 1. The first-order chi connectivity index (χ1) is 13.4. The van der Waals surface area contributed by atoms with Crippen LogP contribution in [0.4, 0.5) is 0 Å². The number of hydrogen-bond donors (Lipinski definition) is 3. The van der Waals surface area contributed by atoms with Gasteiger partial charge in [-0.1, -0.05) is 12.1 Å². The van der Waals surface area contributed by atoms with Gasteiger partial charge >= 0.3 is 0 Å². The van der Waals surface area contributed by atoms with Crippen molar-refractivity contribution in [3.8, 4) is 11.5 Å². The molecule has 148 valence electrons. The van der Waals surface area contributed by atoms with Crippen LogP contribution in [0.2, 0.25) is 0 Å². The van der Waals surface area contributed by atoms with E-state index in [1.165, 1.54) is 7.11 Å². The highest BCUT2D eigenvalue weighted by molar-refractivity contribution is 5.96. The van der Waals surface area contributed by atoms with Crippen molar-refractivity contribution in [2.45, 2.75) is 13.5 Å². The minimum atomic E-state index is -0.612. The van der Waals surface area contributed by atoms with Crippen LogP contribution in [-0.4, -0.2) is 38.0 Å². The lowest BCUT2D eigenvalue weighted by Gasteiger charge is -2.11. The number of carbonyl (C=O) groups is 3. The number of rotatable bonds is 9. The van der Waals surface area contributed by atoms with Gasteiger partial charge in [0.25, 0.3) is 11.8 Å². The smallest absolute Gasteiger partial charge is 0.251 e. The molecule has 3 amide bonds. The third kappa shape index (κ3) is 5.73. The molecule has 0 aliphatic heterocycles. The lowest BCUT2D eigenvalue weighted by atomic mass is 10.1. The molecule has 0 heterocycles. The fourth-order valence-corrected chi connectivity index (χ4v) is 2.41. The molecular weight excluding hydrogens is 362 g/mol. The Morgan fingerprint density at radius 3 is 2.18 bits per heavy atom. The van der Waals surface area contributed by atoms with Crippen molar-refractivity contribution in [3.05, 3.63) is 59.2 Å². The average molecular weight is 385 g/mol. The summed E-state index contributed by atoms with van der Waals surface area (Å²) in [6, 6.07) is 11.6. The van der Waals surface area contributed by atoms with E-state index in [1.807, 2.05) is 6.92 Å². The monoisotopic (exact) mass is 385 g/mol. The standard InChI is InChI=1S/C20H23N3O5/c1-3-28-16-9-8-15(10-17(16)27-2)20(26)22-11-13-4-6-14(7-5-13)19(25)23-12-18(21)24/h4-10H,3,11-12H2,1-2H3,(H2,21,24)(H,22,26)(H,23,25). The molecule has 0 aliphatic rings. The molecule has 2 aromatic rings. The Morgan fingerprint density at radius 2 is 1.57 bits per heavy atom. The van der Waals surface area contributed by atoms with E-state index in [2.05, 4.69) is 10.6 Å². The van der Waals surface area contributed by atoms with E-state index in [1.54, 1.807) is 42.5 Å². The molecule has 28 heavy (non-hydrogen) atoms. The molecule has 0 unspecified atom stereocenters. The quantitative estimate of drug-likeness (QED) is 0.600. The zero-order valence-electron chi connectivity index (χ0n) is 15.8. The first-order valence-corrected chi connectivity index (χ1v) is 8.69. The van der Waals surface area contributed by atoms with Gasteiger partial charge in [-0.15, -0.1) is 0 Å². The van der Waals surface area contributed by atoms with Crippen molar-refractivity contribution in [1.82, 2.24) is 10.6 Å². The Balaban J connectivity index is 1.95. The van der Waals surface area contributed by atoms with Gasteiger partial charge in [0, 0.05) is 17.7 Å². The number of nitrogens with two attached hydrogens (primary N) is 1. The molecular formula is C20H23N3O5. The van der Waals surface area contributed by atoms with Crippen LogP contribution in [0.15, 0.2) is 42.5 Å². The van der Waals surface area contributed by atoms with Gasteiger partial charge in [-0.2, -0.15) is 0 Å². The molecule has 4 N–H and O–H groups in total. The second-order valence-corrected chi connectivity index (χ2v) is 5.83. The first kappa shape index (κ1) is 20.8. The molecule has 0 atom stereocenters. The van der Waals surface area contributed by atoms with E-state index in [-0.39, 0.29) is 19.0 Å². The lowest BCUT2D eigenvalue weighted by molar-refractivity contribution is -0.117. The van der Waals surface area contributed by atoms with E-state index in [0.717, 1.165) is 5.56 Å². The fraction of sp³-hybridized carbons (Fsp3) is 0.250. The van der Waals surface area contributed by atoms with Crippen LogP contribution in [0.3, 0.4) is 0 Å². The highest BCUT2D eigenvalue weighted by Gasteiger charge is 2.11. The molecule has 0 aromatic heterocycles. The molecule has 0 aliphatic carbocycles. The summed E-state index contributed by atoms with van der Waals surface area (Å²) < 4.78 is 10.7. The zero-order valence-corrected chi connectivity index (χ0v) is 15.8. The van der Waals surface area contributed by atoms with Gasteiger partial charge in [0.15, 0.2) is 11.5 Å². The minimum Gasteiger partial charge on any atom is -0.493 e. The summed E-state index contributed by atoms with van der Waals surface area (Å²) in [6.45, 7) is 2.44. The molecule has 8 nitrogen and oxygen atoms in total. The normalized spacial score (nSPS) is 10.1. The number of benzene rings is 2. The Hall–Kier alpha value is -3.55. The summed E-state index contributed by atoms with van der Waals surface area (Å²) in [7, 11) is 1.51. The topological polar surface area (TPSA) is 120 Å². The Labute approximate surface area is 163 Å². The highest BCUT2D eigenvalue weighted by atomic mass is 16.5. The van der Waals surface area contributed by atoms with Crippen LogP contribution in [-0.2, 0) is 11.3 Å². The van der Waals surface area contributed by atoms with E-state index >= 15 is 0 Å². The van der Waals surface area contributed by atoms with Gasteiger partial charge in [-0.25, -0.2) is 0 Å². The number of carbonyl (C=O) groups excluding carboxylic acids is 3. The summed E-state index contributed by atoms with van der Waals surface area (Å²) in [5.41, 5.74) is 6.65. The van der Waals surface area contributed by atoms with Crippen LogP contribution in [0.1, 0.15) is 33.2 Å². The molecule has 0 radical (unpaired) electrons. The van der Waals surface area contributed by atoms with E-state index < -0.39 is 11.8 Å². The van der Waals surface area contributed by atoms with Gasteiger partial charge in [0.2, 0.25) is 5.91 Å². The van der Waals surface area contributed by atoms with Crippen molar-refractivity contribution in [2.75, 3.05) is 20.3 Å². The minimum absolute atomic E-state index is 0.220. The molecule has 0 saturated carbocycles. The van der Waals surface area contributed by atoms with Crippen molar-refractivity contribution in [1.29, 1.82) is 0 Å². The summed E-state index contributed by atoms with van der Waals surface area (Å²) >= 11 is 0. The van der Waals surface area contributed by atoms with Crippen molar-refractivity contribution in [3.63, 3.8) is 0 Å². The number of primary amides is 1. The average Bonchev–Trinajstić information content (AvgIpc) is 2.71. The lowest BCUT2D eigenvalue weighted by Crippen LogP contribution is -2.33. The van der Waals surface area contributed by atoms with Crippen molar-refractivity contribution >= 4 is 17.7 Å². The van der Waals surface area contributed by atoms with Crippen molar-refractivity contribution in [2.24, 2.45) is 5.73 Å². The fourth-order valence-electron chi connectivity index (χ4n) is 2.41. The molecule has 2 rings (SSSR count). The molecule has 0 bridgehead atoms. The highest BCUT2D eigenvalue weighted by Crippen LogP contribution is 2.28. The second kappa shape index (κ2) is 9.96. The summed E-state index contributed by atoms with van der Waals surface area (Å²) in [5, 5.41) is 5.22.